The van der Waals surface area contributed by atoms with Crippen molar-refractivity contribution in [3.05, 3.63) is 24.4 Å². The Labute approximate surface area is 76.1 Å². The maximum atomic E-state index is 4.36. The first kappa shape index (κ1) is 8.04. The summed E-state index contributed by atoms with van der Waals surface area (Å²) in [5.74, 6) is 1.19. The zero-order chi connectivity index (χ0) is 9.26. The van der Waals surface area contributed by atoms with Gasteiger partial charge in [-0.25, -0.2) is 9.97 Å². The maximum absolute atomic E-state index is 4.36. The molecular weight excluding hydrogens is 164 g/mol. The normalized spacial score (nSPS) is 11.0. The summed E-state index contributed by atoms with van der Waals surface area (Å²) < 4.78 is 0. The van der Waals surface area contributed by atoms with Gasteiger partial charge in [-0.2, -0.15) is 10.2 Å². The van der Waals surface area contributed by atoms with E-state index in [9.17, 15) is 0 Å². The van der Waals surface area contributed by atoms with Gasteiger partial charge in [-0.15, -0.1) is 0 Å². The van der Waals surface area contributed by atoms with E-state index in [1.807, 2.05) is 0 Å². The lowest BCUT2D eigenvalue weighted by Gasteiger charge is -2.02. The van der Waals surface area contributed by atoms with Crippen molar-refractivity contribution in [2.45, 2.75) is 19.8 Å². The molecule has 0 aliphatic carbocycles. The van der Waals surface area contributed by atoms with Crippen LogP contribution in [0.25, 0.3) is 10.9 Å². The predicted octanol–water partition coefficient (Wildman–Crippen LogP) is 1.54. The van der Waals surface area contributed by atoms with Crippen molar-refractivity contribution in [3.8, 4) is 0 Å². The average molecular weight is 174 g/mol. The van der Waals surface area contributed by atoms with E-state index in [1.165, 1.54) is 0 Å². The van der Waals surface area contributed by atoms with Crippen LogP contribution in [-0.4, -0.2) is 20.2 Å². The Kier molecular flexibility index (Phi) is 1.88. The van der Waals surface area contributed by atoms with Gasteiger partial charge in [0.15, 0.2) is 0 Å². The van der Waals surface area contributed by atoms with Gasteiger partial charge >= 0.3 is 0 Å². The van der Waals surface area contributed by atoms with Crippen molar-refractivity contribution in [2.75, 3.05) is 0 Å². The molecule has 0 spiro atoms. The minimum Gasteiger partial charge on any atom is -0.240 e. The molecule has 2 rings (SSSR count). The highest BCUT2D eigenvalue weighted by atomic mass is 15.1. The quantitative estimate of drug-likeness (QED) is 0.658. The van der Waals surface area contributed by atoms with Gasteiger partial charge in [-0.1, -0.05) is 13.8 Å². The molecule has 2 aromatic rings. The van der Waals surface area contributed by atoms with Crippen LogP contribution in [0, 0.1) is 0 Å². The third-order valence-electron chi connectivity index (χ3n) is 1.83. The summed E-state index contributed by atoms with van der Waals surface area (Å²) >= 11 is 0. The second-order valence-corrected chi connectivity index (χ2v) is 3.21. The molecule has 0 aliphatic rings. The standard InChI is InChI=1S/C9H10N4/c1-6(2)9-10-3-7-4-11-12-5-8(7)13-9/h3-6H,1-2H3. The maximum Gasteiger partial charge on any atom is 0.131 e. The molecule has 2 heterocycles. The van der Waals surface area contributed by atoms with E-state index in [-0.39, 0.29) is 0 Å². The molecule has 0 N–H and O–H groups in total. The largest absolute Gasteiger partial charge is 0.240 e. The fourth-order valence-corrected chi connectivity index (χ4v) is 1.08. The summed E-state index contributed by atoms with van der Waals surface area (Å²) in [6.45, 7) is 4.13. The van der Waals surface area contributed by atoms with E-state index in [4.69, 9.17) is 0 Å². The SMILES string of the molecule is CC(C)c1ncc2cnncc2n1. The van der Waals surface area contributed by atoms with Gasteiger partial charge in [-0.05, 0) is 0 Å². The Morgan fingerprint density at radius 3 is 2.62 bits per heavy atom. The van der Waals surface area contributed by atoms with E-state index in [1.54, 1.807) is 18.6 Å². The van der Waals surface area contributed by atoms with Gasteiger partial charge in [0, 0.05) is 17.5 Å². The fraction of sp³-hybridized carbons (Fsp3) is 0.333. The van der Waals surface area contributed by atoms with Crippen LogP contribution in [0.3, 0.4) is 0 Å². The molecule has 0 amide bonds. The van der Waals surface area contributed by atoms with Crippen molar-refractivity contribution in [2.24, 2.45) is 0 Å². The first-order valence-corrected chi connectivity index (χ1v) is 4.20. The van der Waals surface area contributed by atoms with Gasteiger partial charge in [0.25, 0.3) is 0 Å². The average Bonchev–Trinajstić information content (AvgIpc) is 2.17. The number of fused-ring (bicyclic) bond motifs is 1. The minimum absolute atomic E-state index is 0.345. The third kappa shape index (κ3) is 1.47. The van der Waals surface area contributed by atoms with Crippen molar-refractivity contribution in [3.63, 3.8) is 0 Å². The fourth-order valence-electron chi connectivity index (χ4n) is 1.08. The monoisotopic (exact) mass is 174 g/mol. The number of nitrogens with zero attached hydrogens (tertiary/aromatic N) is 4. The van der Waals surface area contributed by atoms with Gasteiger partial charge in [0.2, 0.25) is 0 Å². The Hall–Kier alpha value is -1.58. The highest BCUT2D eigenvalue weighted by Gasteiger charge is 2.03. The Morgan fingerprint density at radius 2 is 1.85 bits per heavy atom. The molecule has 0 bridgehead atoms. The zero-order valence-electron chi connectivity index (χ0n) is 7.60. The molecule has 4 heteroatoms. The Bertz CT molecular complexity index is 425. The number of rotatable bonds is 1. The van der Waals surface area contributed by atoms with Crippen LogP contribution < -0.4 is 0 Å². The van der Waals surface area contributed by atoms with Crippen LogP contribution in [0.1, 0.15) is 25.6 Å². The molecular formula is C9H10N4. The molecule has 4 nitrogen and oxygen atoms in total. The number of hydrogen-bond donors (Lipinski definition) is 0. The minimum atomic E-state index is 0.345. The summed E-state index contributed by atoms with van der Waals surface area (Å²) in [6, 6.07) is 0. The predicted molar refractivity (Wildman–Crippen MR) is 49.2 cm³/mol. The summed E-state index contributed by atoms with van der Waals surface area (Å²) in [5, 5.41) is 8.46. The van der Waals surface area contributed by atoms with Crippen LogP contribution in [0.2, 0.25) is 0 Å². The van der Waals surface area contributed by atoms with Crippen LogP contribution in [0.5, 0.6) is 0 Å². The molecule has 13 heavy (non-hydrogen) atoms. The van der Waals surface area contributed by atoms with E-state index < -0.39 is 0 Å². The molecule has 0 radical (unpaired) electrons. The molecule has 0 saturated heterocycles. The molecule has 0 atom stereocenters. The molecule has 0 unspecified atom stereocenters. The third-order valence-corrected chi connectivity index (χ3v) is 1.83. The molecule has 0 aromatic carbocycles. The van der Waals surface area contributed by atoms with Crippen LogP contribution in [0.4, 0.5) is 0 Å². The molecule has 0 fully saturated rings. The zero-order valence-corrected chi connectivity index (χ0v) is 7.60. The highest BCUT2D eigenvalue weighted by Crippen LogP contribution is 2.12. The van der Waals surface area contributed by atoms with E-state index in [0.29, 0.717) is 5.92 Å². The second kappa shape index (κ2) is 3.05. The summed E-state index contributed by atoms with van der Waals surface area (Å²) in [4.78, 5) is 8.59. The molecule has 66 valence electrons. The van der Waals surface area contributed by atoms with Gasteiger partial charge in [0.1, 0.15) is 5.82 Å². The lowest BCUT2D eigenvalue weighted by molar-refractivity contribution is 0.781. The summed E-state index contributed by atoms with van der Waals surface area (Å²) in [7, 11) is 0. The van der Waals surface area contributed by atoms with Gasteiger partial charge in [0.05, 0.1) is 17.9 Å². The summed E-state index contributed by atoms with van der Waals surface area (Å²) in [5.41, 5.74) is 0.855. The first-order chi connectivity index (χ1) is 6.27. The number of hydrogen-bond acceptors (Lipinski definition) is 4. The van der Waals surface area contributed by atoms with Crippen LogP contribution >= 0.6 is 0 Å². The highest BCUT2D eigenvalue weighted by molar-refractivity contribution is 5.75. The Balaban J connectivity index is 2.62. The smallest absolute Gasteiger partial charge is 0.131 e. The molecule has 2 aromatic heterocycles. The van der Waals surface area contributed by atoms with Crippen LogP contribution in [0.15, 0.2) is 18.6 Å². The summed E-state index contributed by atoms with van der Waals surface area (Å²) in [6.07, 6.45) is 5.11. The Morgan fingerprint density at radius 1 is 1.08 bits per heavy atom. The molecule has 0 saturated carbocycles. The van der Waals surface area contributed by atoms with Crippen molar-refractivity contribution in [1.29, 1.82) is 0 Å². The van der Waals surface area contributed by atoms with Gasteiger partial charge < -0.3 is 0 Å². The lowest BCUT2D eigenvalue weighted by Crippen LogP contribution is -1.97. The van der Waals surface area contributed by atoms with E-state index >= 15 is 0 Å². The molecule has 0 aliphatic heterocycles. The van der Waals surface area contributed by atoms with Gasteiger partial charge in [-0.3, -0.25) is 0 Å². The lowest BCUT2D eigenvalue weighted by atomic mass is 10.2. The first-order valence-electron chi connectivity index (χ1n) is 4.20. The van der Waals surface area contributed by atoms with Crippen LogP contribution in [-0.2, 0) is 0 Å². The van der Waals surface area contributed by atoms with Crippen molar-refractivity contribution < 1.29 is 0 Å². The number of aromatic nitrogens is 4. The van der Waals surface area contributed by atoms with Crippen molar-refractivity contribution in [1.82, 2.24) is 20.2 Å². The second-order valence-electron chi connectivity index (χ2n) is 3.21. The van der Waals surface area contributed by atoms with E-state index in [2.05, 4.69) is 34.0 Å². The topological polar surface area (TPSA) is 51.6 Å². The van der Waals surface area contributed by atoms with E-state index in [0.717, 1.165) is 16.7 Å². The van der Waals surface area contributed by atoms with Crippen molar-refractivity contribution >= 4 is 10.9 Å².